The number of unbranched alkanes of at least 4 members (excludes halogenated alkanes) is 4. The Morgan fingerprint density at radius 1 is 0.870 bits per heavy atom. The number of hydrogen-bond donors (Lipinski definition) is 1. The molecule has 0 aromatic rings. The predicted molar refractivity (Wildman–Crippen MR) is 103 cm³/mol. The quantitative estimate of drug-likeness (QED) is 0.412. The largest absolute Gasteiger partial charge is 0.385 e. The maximum atomic E-state index is 11.4. The second kappa shape index (κ2) is 11.1. The topological polar surface area (TPSA) is 20.2 Å². The molecule has 2 atom stereocenters. The van der Waals surface area contributed by atoms with Crippen LogP contribution in [-0.2, 0) is 0 Å². The molecule has 0 saturated carbocycles. The normalized spacial score (nSPS) is 24.5. The third-order valence-electron chi connectivity index (χ3n) is 5.39. The molecule has 0 spiro atoms. The minimum Gasteiger partial charge on any atom is -0.385 e. The summed E-state index contributed by atoms with van der Waals surface area (Å²) in [6, 6.07) is 0. The van der Waals surface area contributed by atoms with Crippen LogP contribution >= 0.6 is 0 Å². The predicted octanol–water partition coefficient (Wildman–Crippen LogP) is 6.96. The second-order valence-corrected chi connectivity index (χ2v) is 7.38. The number of aliphatic hydroxyl groups is 1. The first-order valence-corrected chi connectivity index (χ1v) is 10.3. The molecule has 0 aliphatic heterocycles. The Hall–Kier alpha value is -0.560. The molecule has 2 unspecified atom stereocenters. The number of hydrogen-bond acceptors (Lipinski definition) is 1. The van der Waals surface area contributed by atoms with E-state index in [2.05, 4.69) is 39.8 Å². The maximum Gasteiger partial charge on any atom is 0.0896 e. The summed E-state index contributed by atoms with van der Waals surface area (Å²) in [5, 5.41) is 11.4. The van der Waals surface area contributed by atoms with E-state index >= 15 is 0 Å². The van der Waals surface area contributed by atoms with Crippen LogP contribution in [0, 0.1) is 5.92 Å². The van der Waals surface area contributed by atoms with Gasteiger partial charge in [0.05, 0.1) is 5.60 Å². The summed E-state index contributed by atoms with van der Waals surface area (Å²) in [6.07, 6.45) is 18.6. The van der Waals surface area contributed by atoms with Gasteiger partial charge in [-0.1, -0.05) is 83.9 Å². The van der Waals surface area contributed by atoms with Crippen molar-refractivity contribution in [3.63, 3.8) is 0 Å². The van der Waals surface area contributed by atoms with Crippen LogP contribution in [0.5, 0.6) is 0 Å². The molecule has 0 fully saturated rings. The molecule has 0 amide bonds. The Kier molecular flexibility index (Phi) is 9.86. The van der Waals surface area contributed by atoms with Crippen molar-refractivity contribution in [1.82, 2.24) is 0 Å². The summed E-state index contributed by atoms with van der Waals surface area (Å²) in [7, 11) is 0. The first kappa shape index (κ1) is 20.5. The maximum absolute atomic E-state index is 11.4. The van der Waals surface area contributed by atoms with Crippen LogP contribution in [0.3, 0.4) is 0 Å². The van der Waals surface area contributed by atoms with Crippen molar-refractivity contribution in [2.45, 2.75) is 110 Å². The molecule has 1 aliphatic carbocycles. The van der Waals surface area contributed by atoms with Crippen LogP contribution in [-0.4, -0.2) is 10.7 Å². The summed E-state index contributed by atoms with van der Waals surface area (Å²) in [6.45, 7) is 9.02. The van der Waals surface area contributed by atoms with Crippen molar-refractivity contribution in [2.24, 2.45) is 5.92 Å². The number of rotatable bonds is 12. The van der Waals surface area contributed by atoms with E-state index in [4.69, 9.17) is 0 Å². The summed E-state index contributed by atoms with van der Waals surface area (Å²) in [5.41, 5.74) is 2.54. The Balaban J connectivity index is 3.06. The molecule has 0 saturated heterocycles. The van der Waals surface area contributed by atoms with Gasteiger partial charge in [-0.15, -0.1) is 0 Å². The molecule has 0 radical (unpaired) electrons. The van der Waals surface area contributed by atoms with E-state index in [1.165, 1.54) is 51.4 Å². The highest BCUT2D eigenvalue weighted by molar-refractivity contribution is 5.37. The minimum atomic E-state index is -0.593. The molecule has 1 aliphatic rings. The fourth-order valence-corrected chi connectivity index (χ4v) is 3.86. The lowest BCUT2D eigenvalue weighted by atomic mass is 9.69. The highest BCUT2D eigenvalue weighted by Crippen LogP contribution is 2.43. The summed E-state index contributed by atoms with van der Waals surface area (Å²) in [4.78, 5) is 0. The van der Waals surface area contributed by atoms with Crippen LogP contribution in [0.15, 0.2) is 23.3 Å². The van der Waals surface area contributed by atoms with Crippen molar-refractivity contribution >= 4 is 0 Å². The van der Waals surface area contributed by atoms with Gasteiger partial charge in [0.2, 0.25) is 0 Å². The molecular weight excluding hydrogens is 280 g/mol. The third kappa shape index (κ3) is 6.10. The van der Waals surface area contributed by atoms with Gasteiger partial charge in [0.25, 0.3) is 0 Å². The van der Waals surface area contributed by atoms with Gasteiger partial charge in [0.15, 0.2) is 0 Å². The van der Waals surface area contributed by atoms with Crippen LogP contribution < -0.4 is 0 Å². The first-order valence-electron chi connectivity index (χ1n) is 10.3. The number of allylic oxidation sites excluding steroid dienone is 2. The monoisotopic (exact) mass is 320 g/mol. The van der Waals surface area contributed by atoms with Crippen molar-refractivity contribution in [3.05, 3.63) is 23.3 Å². The molecule has 0 aromatic heterocycles. The zero-order valence-corrected chi connectivity index (χ0v) is 16.2. The summed E-state index contributed by atoms with van der Waals surface area (Å²) in [5.74, 6) is 0.359. The van der Waals surface area contributed by atoms with Crippen LogP contribution in [0.4, 0.5) is 0 Å². The van der Waals surface area contributed by atoms with Crippen molar-refractivity contribution < 1.29 is 5.11 Å². The van der Waals surface area contributed by atoms with Gasteiger partial charge >= 0.3 is 0 Å². The van der Waals surface area contributed by atoms with Gasteiger partial charge in [-0.05, 0) is 44.1 Å². The summed E-state index contributed by atoms with van der Waals surface area (Å²) >= 11 is 0. The average molecular weight is 321 g/mol. The fraction of sp³-hybridized carbons (Fsp3) is 0.818. The van der Waals surface area contributed by atoms with E-state index < -0.39 is 5.60 Å². The van der Waals surface area contributed by atoms with E-state index in [9.17, 15) is 5.11 Å². The van der Waals surface area contributed by atoms with Gasteiger partial charge < -0.3 is 5.11 Å². The fourth-order valence-electron chi connectivity index (χ4n) is 3.86. The molecule has 0 heterocycles. The molecule has 23 heavy (non-hydrogen) atoms. The minimum absolute atomic E-state index is 0.359. The lowest BCUT2D eigenvalue weighted by Gasteiger charge is -2.40. The SMILES string of the molecule is CCCCC1=C(CCCC)C(CCCC)C(O)(CCCC)C=C1. The molecule has 1 rings (SSSR count). The van der Waals surface area contributed by atoms with Crippen LogP contribution in [0.25, 0.3) is 0 Å². The Morgan fingerprint density at radius 3 is 2.09 bits per heavy atom. The standard InChI is InChI=1S/C22H40O/c1-5-9-13-19-16-18-22(23,17-12-8-4)21(15-11-7-3)20(19)14-10-6-2/h16,18,21,23H,5-15,17H2,1-4H3. The summed E-state index contributed by atoms with van der Waals surface area (Å²) < 4.78 is 0. The van der Waals surface area contributed by atoms with E-state index in [0.29, 0.717) is 5.92 Å². The Bertz CT molecular complexity index is 379. The third-order valence-corrected chi connectivity index (χ3v) is 5.39. The Morgan fingerprint density at radius 2 is 1.48 bits per heavy atom. The van der Waals surface area contributed by atoms with Gasteiger partial charge in [0, 0.05) is 5.92 Å². The average Bonchev–Trinajstić information content (AvgIpc) is 2.56. The highest BCUT2D eigenvalue weighted by atomic mass is 16.3. The van der Waals surface area contributed by atoms with Gasteiger partial charge in [-0.3, -0.25) is 0 Å². The molecule has 1 N–H and O–H groups in total. The van der Waals surface area contributed by atoms with Gasteiger partial charge in [0.1, 0.15) is 0 Å². The van der Waals surface area contributed by atoms with Gasteiger partial charge in [-0.2, -0.15) is 0 Å². The lowest BCUT2D eigenvalue weighted by Crippen LogP contribution is -2.39. The molecule has 1 nitrogen and oxygen atoms in total. The lowest BCUT2D eigenvalue weighted by molar-refractivity contribution is 0.0243. The molecule has 0 bridgehead atoms. The smallest absolute Gasteiger partial charge is 0.0896 e. The van der Waals surface area contributed by atoms with E-state index in [1.807, 2.05) is 0 Å². The van der Waals surface area contributed by atoms with E-state index in [0.717, 1.165) is 25.7 Å². The molecule has 0 aromatic carbocycles. The van der Waals surface area contributed by atoms with E-state index in [1.54, 1.807) is 11.1 Å². The zero-order chi connectivity index (χ0) is 17.1. The Labute approximate surface area is 145 Å². The molecule has 134 valence electrons. The van der Waals surface area contributed by atoms with Crippen molar-refractivity contribution in [3.8, 4) is 0 Å². The van der Waals surface area contributed by atoms with Gasteiger partial charge in [-0.25, -0.2) is 0 Å². The van der Waals surface area contributed by atoms with Crippen molar-refractivity contribution in [2.75, 3.05) is 0 Å². The second-order valence-electron chi connectivity index (χ2n) is 7.38. The van der Waals surface area contributed by atoms with Crippen molar-refractivity contribution in [1.29, 1.82) is 0 Å². The zero-order valence-electron chi connectivity index (χ0n) is 16.2. The van der Waals surface area contributed by atoms with E-state index in [-0.39, 0.29) is 0 Å². The molecule has 1 heteroatoms. The highest BCUT2D eigenvalue weighted by Gasteiger charge is 2.38. The van der Waals surface area contributed by atoms with Crippen LogP contribution in [0.1, 0.15) is 105 Å². The molecular formula is C22H40O. The first-order chi connectivity index (χ1) is 11.1. The van der Waals surface area contributed by atoms with Crippen LogP contribution in [0.2, 0.25) is 0 Å².